The molecule has 0 aromatic heterocycles. The Morgan fingerprint density at radius 3 is 2.50 bits per heavy atom. The molecule has 0 bridgehead atoms. The number of carbonyl (C=O) groups excluding carboxylic acids is 2. The van der Waals surface area contributed by atoms with Crippen LogP contribution >= 0.6 is 0 Å². The number of benzene rings is 2. The third-order valence-electron chi connectivity index (χ3n) is 4.98. The normalized spacial score (nSPS) is 22.8. The first kappa shape index (κ1) is 14.9. The van der Waals surface area contributed by atoms with Crippen LogP contribution in [0.15, 0.2) is 54.6 Å². The van der Waals surface area contributed by atoms with E-state index in [0.29, 0.717) is 19.4 Å². The van der Waals surface area contributed by atoms with Gasteiger partial charge in [-0.3, -0.25) is 9.59 Å². The largest absolute Gasteiger partial charge is 0.344 e. The summed E-state index contributed by atoms with van der Waals surface area (Å²) in [6, 6.07) is 18.0. The fourth-order valence-electron chi connectivity index (χ4n) is 3.80. The predicted octanol–water partition coefficient (Wildman–Crippen LogP) is 2.44. The summed E-state index contributed by atoms with van der Waals surface area (Å²) in [4.78, 5) is 26.5. The Hall–Kier alpha value is -2.62. The number of nitrogens with zero attached hydrogens (tertiary/aromatic N) is 1. The van der Waals surface area contributed by atoms with Gasteiger partial charge in [0.15, 0.2) is 0 Å². The summed E-state index contributed by atoms with van der Waals surface area (Å²) in [6.45, 7) is 0.682. The van der Waals surface area contributed by atoms with Gasteiger partial charge < -0.3 is 10.2 Å². The maximum atomic E-state index is 13.1. The van der Waals surface area contributed by atoms with Crippen molar-refractivity contribution >= 4 is 11.8 Å². The van der Waals surface area contributed by atoms with E-state index in [1.807, 2.05) is 29.2 Å². The van der Waals surface area contributed by atoms with Crippen molar-refractivity contribution in [3.8, 4) is 0 Å². The van der Waals surface area contributed by atoms with Crippen LogP contribution in [0.4, 0.5) is 0 Å². The molecule has 0 unspecified atom stereocenters. The molecule has 122 valence electrons. The second-order valence-electron chi connectivity index (χ2n) is 6.45. The van der Waals surface area contributed by atoms with Gasteiger partial charge >= 0.3 is 0 Å². The number of hydrogen-bond donors (Lipinski definition) is 1. The minimum atomic E-state index is -0.381. The molecular weight excluding hydrogens is 300 g/mol. The van der Waals surface area contributed by atoms with E-state index in [9.17, 15) is 9.59 Å². The summed E-state index contributed by atoms with van der Waals surface area (Å²) in [6.07, 6.45) is 1.89. The molecule has 1 saturated heterocycles. The number of carbonyl (C=O) groups is 2. The minimum absolute atomic E-state index is 0.0259. The van der Waals surface area contributed by atoms with Gasteiger partial charge in [-0.2, -0.15) is 0 Å². The van der Waals surface area contributed by atoms with Crippen LogP contribution in [0.5, 0.6) is 0 Å². The molecule has 1 fully saturated rings. The molecule has 2 aromatic carbocycles. The summed E-state index contributed by atoms with van der Waals surface area (Å²) in [5.41, 5.74) is 3.60. The van der Waals surface area contributed by atoms with Gasteiger partial charge in [0.2, 0.25) is 11.8 Å². The lowest BCUT2D eigenvalue weighted by molar-refractivity contribution is -0.136. The molecule has 2 aromatic rings. The van der Waals surface area contributed by atoms with Crippen LogP contribution in [-0.2, 0) is 16.0 Å². The van der Waals surface area contributed by atoms with Crippen molar-refractivity contribution < 1.29 is 9.59 Å². The molecule has 2 aliphatic rings. The van der Waals surface area contributed by atoms with Crippen LogP contribution in [0.2, 0.25) is 0 Å². The first-order valence-corrected chi connectivity index (χ1v) is 8.46. The van der Waals surface area contributed by atoms with Crippen molar-refractivity contribution in [1.29, 1.82) is 0 Å². The molecule has 1 N–H and O–H groups in total. The lowest BCUT2D eigenvalue weighted by atomic mass is 9.87. The quantitative estimate of drug-likeness (QED) is 0.924. The highest BCUT2D eigenvalue weighted by Gasteiger charge is 2.37. The van der Waals surface area contributed by atoms with Gasteiger partial charge in [0.25, 0.3) is 0 Å². The van der Waals surface area contributed by atoms with Gasteiger partial charge in [0.05, 0.1) is 6.04 Å². The minimum Gasteiger partial charge on any atom is -0.344 e. The molecule has 24 heavy (non-hydrogen) atoms. The summed E-state index contributed by atoms with van der Waals surface area (Å²) >= 11 is 0. The highest BCUT2D eigenvalue weighted by atomic mass is 16.2. The van der Waals surface area contributed by atoms with Gasteiger partial charge in [0, 0.05) is 13.0 Å². The maximum Gasteiger partial charge on any atom is 0.245 e. The second kappa shape index (κ2) is 6.11. The van der Waals surface area contributed by atoms with Crippen molar-refractivity contribution in [2.75, 3.05) is 6.54 Å². The van der Waals surface area contributed by atoms with Crippen LogP contribution in [0.1, 0.15) is 35.6 Å². The third kappa shape index (κ3) is 2.58. The maximum absolute atomic E-state index is 13.1. The molecular formula is C20H20N2O2. The zero-order valence-corrected chi connectivity index (χ0v) is 13.4. The molecule has 4 nitrogen and oxygen atoms in total. The van der Waals surface area contributed by atoms with Crippen molar-refractivity contribution in [2.45, 2.75) is 31.3 Å². The molecule has 2 heterocycles. The fraction of sp³-hybridized carbons (Fsp3) is 0.300. The molecule has 4 rings (SSSR count). The Kier molecular flexibility index (Phi) is 3.81. The molecule has 2 amide bonds. The SMILES string of the molecule is O=C1CC[C@H](C(=O)N2CCc3ccccc3[C@@H]2c2ccccc2)N1. The lowest BCUT2D eigenvalue weighted by Crippen LogP contribution is -2.48. The molecule has 2 aliphatic heterocycles. The molecule has 4 heteroatoms. The van der Waals surface area contributed by atoms with Crippen molar-refractivity contribution in [3.63, 3.8) is 0 Å². The van der Waals surface area contributed by atoms with Crippen LogP contribution in [-0.4, -0.2) is 29.3 Å². The molecule has 0 spiro atoms. The van der Waals surface area contributed by atoms with E-state index in [4.69, 9.17) is 0 Å². The van der Waals surface area contributed by atoms with Gasteiger partial charge in [-0.05, 0) is 29.5 Å². The number of nitrogens with one attached hydrogen (secondary N) is 1. The zero-order chi connectivity index (χ0) is 16.5. The van der Waals surface area contributed by atoms with Gasteiger partial charge in [0.1, 0.15) is 6.04 Å². The van der Waals surface area contributed by atoms with Crippen LogP contribution < -0.4 is 5.32 Å². The number of amides is 2. The van der Waals surface area contributed by atoms with E-state index >= 15 is 0 Å². The Labute approximate surface area is 141 Å². The Morgan fingerprint density at radius 2 is 1.75 bits per heavy atom. The van der Waals surface area contributed by atoms with Crippen LogP contribution in [0.25, 0.3) is 0 Å². The number of rotatable bonds is 2. The Balaban J connectivity index is 1.73. The van der Waals surface area contributed by atoms with Gasteiger partial charge in [-0.15, -0.1) is 0 Å². The monoisotopic (exact) mass is 320 g/mol. The van der Waals surface area contributed by atoms with E-state index in [0.717, 1.165) is 12.0 Å². The summed E-state index contributed by atoms with van der Waals surface area (Å²) in [5.74, 6) is 0.00577. The molecule has 0 aliphatic carbocycles. The highest BCUT2D eigenvalue weighted by Crippen LogP contribution is 2.35. The van der Waals surface area contributed by atoms with Gasteiger partial charge in [-0.25, -0.2) is 0 Å². The number of hydrogen-bond acceptors (Lipinski definition) is 2. The first-order chi connectivity index (χ1) is 11.7. The molecule has 0 radical (unpaired) electrons. The van der Waals surface area contributed by atoms with E-state index < -0.39 is 0 Å². The number of fused-ring (bicyclic) bond motifs is 1. The second-order valence-corrected chi connectivity index (χ2v) is 6.45. The van der Waals surface area contributed by atoms with Gasteiger partial charge in [-0.1, -0.05) is 54.6 Å². The van der Waals surface area contributed by atoms with Crippen LogP contribution in [0.3, 0.4) is 0 Å². The highest BCUT2D eigenvalue weighted by molar-refractivity contribution is 5.91. The van der Waals surface area contributed by atoms with Crippen LogP contribution in [0, 0.1) is 0 Å². The van der Waals surface area contributed by atoms with E-state index in [1.165, 1.54) is 11.1 Å². The van der Waals surface area contributed by atoms with E-state index in [-0.39, 0.29) is 23.9 Å². The van der Waals surface area contributed by atoms with E-state index in [1.54, 1.807) is 0 Å². The molecule has 2 atom stereocenters. The van der Waals surface area contributed by atoms with Crippen molar-refractivity contribution in [2.24, 2.45) is 0 Å². The zero-order valence-electron chi connectivity index (χ0n) is 13.4. The summed E-state index contributed by atoms with van der Waals surface area (Å²) in [7, 11) is 0. The Bertz CT molecular complexity index is 772. The summed E-state index contributed by atoms with van der Waals surface area (Å²) in [5, 5.41) is 2.82. The Morgan fingerprint density at radius 1 is 1.00 bits per heavy atom. The first-order valence-electron chi connectivity index (χ1n) is 8.46. The van der Waals surface area contributed by atoms with Crippen molar-refractivity contribution in [3.05, 3.63) is 71.3 Å². The standard InChI is InChI=1S/C20H20N2O2/c23-18-11-10-17(21-18)20(24)22-13-12-14-6-4-5-9-16(14)19(22)15-7-2-1-3-8-15/h1-9,17,19H,10-13H2,(H,21,23)/t17-,19+/m1/s1. The van der Waals surface area contributed by atoms with E-state index in [2.05, 4.69) is 35.6 Å². The third-order valence-corrected chi connectivity index (χ3v) is 4.98. The smallest absolute Gasteiger partial charge is 0.245 e. The predicted molar refractivity (Wildman–Crippen MR) is 91.3 cm³/mol. The lowest BCUT2D eigenvalue weighted by Gasteiger charge is -2.39. The summed E-state index contributed by atoms with van der Waals surface area (Å²) < 4.78 is 0. The average molecular weight is 320 g/mol. The fourth-order valence-corrected chi connectivity index (χ4v) is 3.80. The topological polar surface area (TPSA) is 49.4 Å². The van der Waals surface area contributed by atoms with Crippen molar-refractivity contribution in [1.82, 2.24) is 10.2 Å². The molecule has 0 saturated carbocycles. The average Bonchev–Trinajstić information content (AvgIpc) is 3.07.